The van der Waals surface area contributed by atoms with E-state index in [4.69, 9.17) is 5.73 Å². The largest absolute Gasteiger partial charge is 0.399 e. The molecule has 1 aromatic carbocycles. The van der Waals surface area contributed by atoms with Crippen molar-refractivity contribution in [1.82, 2.24) is 9.78 Å². The highest BCUT2D eigenvalue weighted by Gasteiger charge is 2.15. The summed E-state index contributed by atoms with van der Waals surface area (Å²) in [5, 5.41) is 4.00. The molecular formula is C11H11F2N3. The minimum Gasteiger partial charge on any atom is -0.399 e. The normalized spacial score (nSPS) is 11.0. The summed E-state index contributed by atoms with van der Waals surface area (Å²) in [5.74, 6) is 0. The first-order valence-corrected chi connectivity index (χ1v) is 4.77. The first-order chi connectivity index (χ1) is 7.58. The van der Waals surface area contributed by atoms with Crippen molar-refractivity contribution in [2.24, 2.45) is 0 Å². The van der Waals surface area contributed by atoms with E-state index < -0.39 is 6.43 Å². The van der Waals surface area contributed by atoms with Crippen LogP contribution in [-0.4, -0.2) is 9.78 Å². The summed E-state index contributed by atoms with van der Waals surface area (Å²) in [6, 6.07) is 4.40. The van der Waals surface area contributed by atoms with Gasteiger partial charge in [0.1, 0.15) is 0 Å². The van der Waals surface area contributed by atoms with Gasteiger partial charge in [-0.2, -0.15) is 5.10 Å². The van der Waals surface area contributed by atoms with Gasteiger partial charge in [0, 0.05) is 17.4 Å². The van der Waals surface area contributed by atoms with Gasteiger partial charge in [-0.3, -0.25) is 0 Å². The maximum Gasteiger partial charge on any atom is 0.266 e. The predicted octanol–water partition coefficient (Wildman–Crippen LogP) is 2.70. The average Bonchev–Trinajstić information content (AvgIpc) is 2.64. The number of anilines is 1. The number of benzene rings is 1. The molecule has 0 amide bonds. The molecule has 0 radical (unpaired) electrons. The van der Waals surface area contributed by atoms with Crippen LogP contribution in [0, 0.1) is 6.92 Å². The third kappa shape index (κ3) is 1.88. The van der Waals surface area contributed by atoms with Crippen LogP contribution in [0.1, 0.15) is 17.6 Å². The SMILES string of the molecule is Cc1cnn(-c2ccc(N)cc2C(F)F)c1. The standard InChI is InChI=1S/C11H11F2N3/c1-7-5-15-16(6-7)10-3-2-8(14)4-9(10)11(12)13/h2-6,11H,14H2,1H3. The van der Waals surface area contributed by atoms with Gasteiger partial charge < -0.3 is 5.73 Å². The molecule has 2 aromatic rings. The summed E-state index contributed by atoms with van der Waals surface area (Å²) in [6.45, 7) is 1.85. The van der Waals surface area contributed by atoms with E-state index in [1.165, 1.54) is 10.7 Å². The fraction of sp³-hybridized carbons (Fsp3) is 0.182. The number of hydrogen-bond donors (Lipinski definition) is 1. The maximum atomic E-state index is 12.8. The van der Waals surface area contributed by atoms with Gasteiger partial charge in [-0.15, -0.1) is 0 Å². The lowest BCUT2D eigenvalue weighted by Crippen LogP contribution is -2.01. The van der Waals surface area contributed by atoms with Gasteiger partial charge in [-0.05, 0) is 30.7 Å². The zero-order valence-corrected chi connectivity index (χ0v) is 8.69. The van der Waals surface area contributed by atoms with Gasteiger partial charge in [-0.1, -0.05) is 0 Å². The highest BCUT2D eigenvalue weighted by Crippen LogP contribution is 2.27. The molecule has 2 rings (SSSR count). The van der Waals surface area contributed by atoms with Crippen LogP contribution in [0.3, 0.4) is 0 Å². The molecule has 0 unspecified atom stereocenters. The number of nitrogen functional groups attached to an aromatic ring is 1. The van der Waals surface area contributed by atoms with Crippen LogP contribution in [0.15, 0.2) is 30.6 Å². The highest BCUT2D eigenvalue weighted by atomic mass is 19.3. The van der Waals surface area contributed by atoms with E-state index in [9.17, 15) is 8.78 Å². The van der Waals surface area contributed by atoms with Crippen LogP contribution in [0.2, 0.25) is 0 Å². The molecule has 0 spiro atoms. The van der Waals surface area contributed by atoms with Crippen molar-refractivity contribution < 1.29 is 8.78 Å². The number of aryl methyl sites for hydroxylation is 1. The zero-order valence-electron chi connectivity index (χ0n) is 8.69. The lowest BCUT2D eigenvalue weighted by atomic mass is 10.1. The lowest BCUT2D eigenvalue weighted by molar-refractivity contribution is 0.151. The third-order valence-corrected chi connectivity index (χ3v) is 2.25. The highest BCUT2D eigenvalue weighted by molar-refractivity contribution is 5.51. The molecule has 0 saturated heterocycles. The Kier molecular flexibility index (Phi) is 2.60. The fourth-order valence-electron chi connectivity index (χ4n) is 1.50. The maximum absolute atomic E-state index is 12.8. The molecule has 16 heavy (non-hydrogen) atoms. The van der Waals surface area contributed by atoms with Gasteiger partial charge >= 0.3 is 0 Å². The molecule has 5 heteroatoms. The van der Waals surface area contributed by atoms with Gasteiger partial charge in [-0.25, -0.2) is 13.5 Å². The number of hydrogen-bond acceptors (Lipinski definition) is 2. The molecule has 0 aliphatic carbocycles. The van der Waals surface area contributed by atoms with Crippen LogP contribution in [0.4, 0.5) is 14.5 Å². The van der Waals surface area contributed by atoms with E-state index in [1.807, 2.05) is 6.92 Å². The summed E-state index contributed by atoms with van der Waals surface area (Å²) in [6.07, 6.45) is 0.742. The van der Waals surface area contributed by atoms with Gasteiger partial charge in [0.15, 0.2) is 0 Å². The quantitative estimate of drug-likeness (QED) is 0.795. The predicted molar refractivity (Wildman–Crippen MR) is 57.7 cm³/mol. The molecular weight excluding hydrogens is 212 g/mol. The average molecular weight is 223 g/mol. The summed E-state index contributed by atoms with van der Waals surface area (Å²) in [5.41, 5.74) is 6.97. The molecule has 0 fully saturated rings. The summed E-state index contributed by atoms with van der Waals surface area (Å²) < 4.78 is 27.0. The number of halogens is 2. The number of rotatable bonds is 2. The van der Waals surface area contributed by atoms with E-state index in [0.29, 0.717) is 11.4 Å². The molecule has 2 N–H and O–H groups in total. The van der Waals surface area contributed by atoms with E-state index in [2.05, 4.69) is 5.10 Å². The molecule has 3 nitrogen and oxygen atoms in total. The van der Waals surface area contributed by atoms with Crippen molar-refractivity contribution in [3.8, 4) is 5.69 Å². The Bertz CT molecular complexity index is 506. The monoisotopic (exact) mass is 223 g/mol. The second-order valence-electron chi connectivity index (χ2n) is 3.58. The summed E-state index contributed by atoms with van der Waals surface area (Å²) >= 11 is 0. The topological polar surface area (TPSA) is 43.8 Å². The molecule has 0 bridgehead atoms. The van der Waals surface area contributed by atoms with Crippen LogP contribution >= 0.6 is 0 Å². The Morgan fingerprint density at radius 2 is 2.12 bits per heavy atom. The smallest absolute Gasteiger partial charge is 0.266 e. The molecule has 0 aliphatic heterocycles. The van der Waals surface area contributed by atoms with Crippen LogP contribution in [0.25, 0.3) is 5.69 Å². The molecule has 0 aliphatic rings. The third-order valence-electron chi connectivity index (χ3n) is 2.25. The van der Waals surface area contributed by atoms with Gasteiger partial charge in [0.25, 0.3) is 6.43 Å². The molecule has 1 aromatic heterocycles. The molecule has 1 heterocycles. The van der Waals surface area contributed by atoms with Crippen molar-refractivity contribution in [2.75, 3.05) is 5.73 Å². The van der Waals surface area contributed by atoms with Crippen LogP contribution < -0.4 is 5.73 Å². The van der Waals surface area contributed by atoms with Crippen molar-refractivity contribution in [1.29, 1.82) is 0 Å². The Hall–Kier alpha value is -1.91. The van der Waals surface area contributed by atoms with E-state index in [0.717, 1.165) is 5.56 Å². The van der Waals surface area contributed by atoms with E-state index in [1.54, 1.807) is 24.5 Å². The number of aromatic nitrogens is 2. The second kappa shape index (κ2) is 3.92. The number of nitrogens with zero attached hydrogens (tertiary/aromatic N) is 2. The van der Waals surface area contributed by atoms with Crippen LogP contribution in [0.5, 0.6) is 0 Å². The Balaban J connectivity index is 2.56. The van der Waals surface area contributed by atoms with Crippen molar-refractivity contribution in [3.05, 3.63) is 41.7 Å². The second-order valence-corrected chi connectivity index (χ2v) is 3.58. The van der Waals surface area contributed by atoms with E-state index >= 15 is 0 Å². The zero-order chi connectivity index (χ0) is 11.7. The van der Waals surface area contributed by atoms with Gasteiger partial charge in [0.2, 0.25) is 0 Å². The summed E-state index contributed by atoms with van der Waals surface area (Å²) in [4.78, 5) is 0. The molecule has 0 atom stereocenters. The lowest BCUT2D eigenvalue weighted by Gasteiger charge is -2.09. The van der Waals surface area contributed by atoms with E-state index in [-0.39, 0.29) is 5.56 Å². The Labute approximate surface area is 91.5 Å². The number of alkyl halides is 2. The Morgan fingerprint density at radius 3 is 2.69 bits per heavy atom. The Morgan fingerprint density at radius 1 is 1.38 bits per heavy atom. The summed E-state index contributed by atoms with van der Waals surface area (Å²) in [7, 11) is 0. The molecule has 0 saturated carbocycles. The first-order valence-electron chi connectivity index (χ1n) is 4.77. The first kappa shape index (κ1) is 10.6. The molecule has 84 valence electrons. The number of nitrogens with two attached hydrogens (primary N) is 1. The fourth-order valence-corrected chi connectivity index (χ4v) is 1.50. The van der Waals surface area contributed by atoms with Gasteiger partial charge in [0.05, 0.1) is 11.9 Å². The van der Waals surface area contributed by atoms with Crippen molar-refractivity contribution >= 4 is 5.69 Å². The minimum atomic E-state index is -2.57. The minimum absolute atomic E-state index is 0.108. The van der Waals surface area contributed by atoms with Crippen molar-refractivity contribution in [2.45, 2.75) is 13.3 Å². The van der Waals surface area contributed by atoms with Crippen molar-refractivity contribution in [3.63, 3.8) is 0 Å². The van der Waals surface area contributed by atoms with Crippen LogP contribution in [-0.2, 0) is 0 Å².